The summed E-state index contributed by atoms with van der Waals surface area (Å²) in [6.45, 7) is 11.7. The van der Waals surface area contributed by atoms with Gasteiger partial charge in [0.25, 0.3) is 0 Å². The van der Waals surface area contributed by atoms with Crippen LogP contribution in [-0.4, -0.2) is 47.6 Å². The van der Waals surface area contributed by atoms with Crippen molar-refractivity contribution in [2.24, 2.45) is 0 Å². The maximum Gasteiger partial charge on any atom is 0.173 e. The van der Waals surface area contributed by atoms with Crippen LogP contribution in [0.5, 0.6) is 0 Å². The fraction of sp³-hybridized carbons (Fsp3) is 0.375. The lowest BCUT2D eigenvalue weighted by molar-refractivity contribution is 0.200. The summed E-state index contributed by atoms with van der Waals surface area (Å²) in [4.78, 5) is 4.74. The van der Waals surface area contributed by atoms with Crippen LogP contribution in [0.4, 0.5) is 5.69 Å². The number of benzene rings is 2. The minimum Gasteiger partial charge on any atom is -0.346 e. The van der Waals surface area contributed by atoms with Crippen LogP contribution in [0.15, 0.2) is 60.7 Å². The van der Waals surface area contributed by atoms with Gasteiger partial charge in [-0.15, -0.1) is 0 Å². The Labute approximate surface area is 175 Å². The van der Waals surface area contributed by atoms with Gasteiger partial charge in [0.2, 0.25) is 0 Å². The summed E-state index contributed by atoms with van der Waals surface area (Å²) in [5.74, 6) is 0. The standard InChI is InChI=1S/C24H31N3S/c1-24(2,3)21-11-13-22(14-12-21)25-23(28)27-18-16-26(17-19-27)15-7-10-20-8-5-4-6-9-20/h4-14H,15-19H2,1-3H3,(H,25,28). The highest BCUT2D eigenvalue weighted by Crippen LogP contribution is 2.23. The normalized spacial score (nSPS) is 15.8. The first-order valence-corrected chi connectivity index (χ1v) is 10.4. The van der Waals surface area contributed by atoms with Gasteiger partial charge < -0.3 is 10.2 Å². The molecule has 0 aromatic heterocycles. The van der Waals surface area contributed by atoms with Crippen LogP contribution in [0.25, 0.3) is 6.08 Å². The van der Waals surface area contributed by atoms with Crippen molar-refractivity contribution in [3.63, 3.8) is 0 Å². The molecule has 0 bridgehead atoms. The number of hydrogen-bond donors (Lipinski definition) is 1. The van der Waals surface area contributed by atoms with Gasteiger partial charge in [0, 0.05) is 38.4 Å². The Hall–Kier alpha value is -2.17. The molecule has 0 unspecified atom stereocenters. The van der Waals surface area contributed by atoms with E-state index < -0.39 is 0 Å². The summed E-state index contributed by atoms with van der Waals surface area (Å²) in [5.41, 5.74) is 3.82. The van der Waals surface area contributed by atoms with Crippen LogP contribution in [0.2, 0.25) is 0 Å². The lowest BCUT2D eigenvalue weighted by atomic mass is 9.87. The molecule has 0 aliphatic carbocycles. The van der Waals surface area contributed by atoms with Crippen molar-refractivity contribution in [1.82, 2.24) is 9.80 Å². The first-order chi connectivity index (χ1) is 13.4. The molecule has 0 saturated carbocycles. The zero-order valence-electron chi connectivity index (χ0n) is 17.2. The van der Waals surface area contributed by atoms with Crippen LogP contribution in [-0.2, 0) is 5.41 Å². The molecule has 0 atom stereocenters. The van der Waals surface area contributed by atoms with Crippen LogP contribution in [0.3, 0.4) is 0 Å². The van der Waals surface area contributed by atoms with E-state index in [-0.39, 0.29) is 5.41 Å². The Balaban J connectivity index is 1.44. The van der Waals surface area contributed by atoms with Crippen molar-refractivity contribution in [2.45, 2.75) is 26.2 Å². The summed E-state index contributed by atoms with van der Waals surface area (Å²) in [6, 6.07) is 19.1. The smallest absolute Gasteiger partial charge is 0.173 e. The van der Waals surface area contributed by atoms with Gasteiger partial charge >= 0.3 is 0 Å². The monoisotopic (exact) mass is 393 g/mol. The quantitative estimate of drug-likeness (QED) is 0.736. The largest absolute Gasteiger partial charge is 0.346 e. The number of rotatable bonds is 4. The molecule has 1 aliphatic rings. The number of piperazine rings is 1. The van der Waals surface area contributed by atoms with Gasteiger partial charge in [-0.3, -0.25) is 4.90 Å². The summed E-state index contributed by atoms with van der Waals surface area (Å²) < 4.78 is 0. The third kappa shape index (κ3) is 5.91. The van der Waals surface area contributed by atoms with Crippen molar-refractivity contribution in [3.05, 3.63) is 71.8 Å². The molecule has 3 nitrogen and oxygen atoms in total. The minimum absolute atomic E-state index is 0.171. The Morgan fingerprint density at radius 3 is 2.21 bits per heavy atom. The fourth-order valence-corrected chi connectivity index (χ4v) is 3.59. The van der Waals surface area contributed by atoms with Gasteiger partial charge in [0.05, 0.1) is 0 Å². The number of nitrogens with zero attached hydrogens (tertiary/aromatic N) is 2. The molecule has 1 N–H and O–H groups in total. The lowest BCUT2D eigenvalue weighted by Gasteiger charge is -2.35. The van der Waals surface area contributed by atoms with Gasteiger partial charge in [0.1, 0.15) is 0 Å². The average molecular weight is 394 g/mol. The number of nitrogens with one attached hydrogen (secondary N) is 1. The van der Waals surface area contributed by atoms with E-state index in [1.807, 2.05) is 6.07 Å². The van der Waals surface area contributed by atoms with E-state index in [1.165, 1.54) is 11.1 Å². The highest BCUT2D eigenvalue weighted by atomic mass is 32.1. The van der Waals surface area contributed by atoms with Gasteiger partial charge in [-0.25, -0.2) is 0 Å². The first-order valence-electron chi connectivity index (χ1n) is 10.0. The highest BCUT2D eigenvalue weighted by molar-refractivity contribution is 7.80. The van der Waals surface area contributed by atoms with Crippen LogP contribution >= 0.6 is 12.2 Å². The maximum atomic E-state index is 5.63. The van der Waals surface area contributed by atoms with Crippen molar-refractivity contribution < 1.29 is 0 Å². The Kier molecular flexibility index (Phi) is 6.87. The molecule has 1 aliphatic heterocycles. The third-order valence-corrected chi connectivity index (χ3v) is 5.50. The molecular weight excluding hydrogens is 362 g/mol. The van der Waals surface area contributed by atoms with E-state index in [0.29, 0.717) is 0 Å². The topological polar surface area (TPSA) is 18.5 Å². The second kappa shape index (κ2) is 9.35. The molecule has 148 valence electrons. The predicted molar refractivity (Wildman–Crippen MR) is 125 cm³/mol. The highest BCUT2D eigenvalue weighted by Gasteiger charge is 2.18. The Morgan fingerprint density at radius 1 is 0.964 bits per heavy atom. The molecule has 0 spiro atoms. The zero-order chi connectivity index (χ0) is 20.0. The first kappa shape index (κ1) is 20.6. The SMILES string of the molecule is CC(C)(C)c1ccc(NC(=S)N2CCN(CC=Cc3ccccc3)CC2)cc1. The second-order valence-corrected chi connectivity index (χ2v) is 8.74. The van der Waals surface area contributed by atoms with E-state index in [2.05, 4.69) is 96.6 Å². The van der Waals surface area contributed by atoms with E-state index >= 15 is 0 Å². The van der Waals surface area contributed by atoms with Gasteiger partial charge in [-0.2, -0.15) is 0 Å². The Bertz CT molecular complexity index is 783. The Morgan fingerprint density at radius 2 is 1.61 bits per heavy atom. The molecule has 0 amide bonds. The molecule has 4 heteroatoms. The molecule has 1 fully saturated rings. The van der Waals surface area contributed by atoms with E-state index in [4.69, 9.17) is 12.2 Å². The van der Waals surface area contributed by atoms with E-state index in [9.17, 15) is 0 Å². The average Bonchev–Trinajstić information content (AvgIpc) is 2.69. The van der Waals surface area contributed by atoms with Gasteiger partial charge in [-0.1, -0.05) is 75.4 Å². The summed E-state index contributed by atoms with van der Waals surface area (Å²) in [6.07, 6.45) is 4.44. The van der Waals surface area contributed by atoms with Crippen molar-refractivity contribution >= 4 is 29.1 Å². The lowest BCUT2D eigenvalue weighted by Crippen LogP contribution is -2.49. The number of hydrogen-bond acceptors (Lipinski definition) is 2. The zero-order valence-corrected chi connectivity index (χ0v) is 18.0. The van der Waals surface area contributed by atoms with Crippen LogP contribution < -0.4 is 5.32 Å². The van der Waals surface area contributed by atoms with Crippen LogP contribution in [0, 0.1) is 0 Å². The second-order valence-electron chi connectivity index (χ2n) is 8.36. The predicted octanol–water partition coefficient (Wildman–Crippen LogP) is 5.01. The number of anilines is 1. The molecule has 3 rings (SSSR count). The maximum absolute atomic E-state index is 5.63. The van der Waals surface area contributed by atoms with Crippen molar-refractivity contribution in [3.8, 4) is 0 Å². The molecule has 2 aromatic rings. The molecule has 28 heavy (non-hydrogen) atoms. The van der Waals surface area contributed by atoms with E-state index in [0.717, 1.165) is 43.5 Å². The fourth-order valence-electron chi connectivity index (χ4n) is 3.29. The summed E-state index contributed by atoms with van der Waals surface area (Å²) >= 11 is 5.63. The molecular formula is C24H31N3S. The van der Waals surface area contributed by atoms with Gasteiger partial charge in [-0.05, 0) is 40.9 Å². The van der Waals surface area contributed by atoms with Crippen LogP contribution in [0.1, 0.15) is 31.9 Å². The minimum atomic E-state index is 0.171. The number of thiocarbonyl (C=S) groups is 1. The molecule has 1 heterocycles. The van der Waals surface area contributed by atoms with Crippen molar-refractivity contribution in [2.75, 3.05) is 38.0 Å². The van der Waals surface area contributed by atoms with E-state index in [1.54, 1.807) is 0 Å². The third-order valence-electron chi connectivity index (χ3n) is 5.14. The summed E-state index contributed by atoms with van der Waals surface area (Å²) in [5, 5.41) is 4.22. The van der Waals surface area contributed by atoms with Crippen molar-refractivity contribution in [1.29, 1.82) is 0 Å². The molecule has 0 radical (unpaired) electrons. The molecule has 2 aromatic carbocycles. The summed E-state index contributed by atoms with van der Waals surface area (Å²) in [7, 11) is 0. The molecule has 1 saturated heterocycles. The van der Waals surface area contributed by atoms with Gasteiger partial charge in [0.15, 0.2) is 5.11 Å².